The second-order valence-electron chi connectivity index (χ2n) is 6.33. The van der Waals surface area contributed by atoms with Gasteiger partial charge in [0.1, 0.15) is 11.6 Å². The van der Waals surface area contributed by atoms with E-state index in [0.717, 1.165) is 16.7 Å². The van der Waals surface area contributed by atoms with E-state index in [4.69, 9.17) is 4.74 Å². The quantitative estimate of drug-likeness (QED) is 0.702. The number of H-pyrrole nitrogens is 1. The van der Waals surface area contributed by atoms with Crippen LogP contribution in [0.2, 0.25) is 0 Å². The number of benzene rings is 1. The van der Waals surface area contributed by atoms with Crippen molar-refractivity contribution in [3.8, 4) is 28.5 Å². The topological polar surface area (TPSA) is 95.8 Å². The SMILES string of the molecule is CCOC(=O)c1c(C)ccnc1-c1ccc(-c2cc(C)[nH]c(=O)c2C#N)cc1. The van der Waals surface area contributed by atoms with E-state index in [1.165, 1.54) is 0 Å². The standard InChI is InChI=1S/C22H19N3O3/c1-4-28-22(27)19-13(2)9-10-24-20(19)16-7-5-15(6-8-16)17-11-14(3)25-21(26)18(17)12-23/h5-11H,4H2,1-3H3,(H,25,26). The van der Waals surface area contributed by atoms with Gasteiger partial charge in [0.05, 0.1) is 17.9 Å². The second kappa shape index (κ2) is 7.89. The molecular weight excluding hydrogens is 354 g/mol. The number of nitrogens with zero attached hydrogens (tertiary/aromatic N) is 2. The third kappa shape index (κ3) is 3.55. The van der Waals surface area contributed by atoms with Gasteiger partial charge in [-0.3, -0.25) is 9.78 Å². The Kier molecular flexibility index (Phi) is 5.37. The normalized spacial score (nSPS) is 10.4. The van der Waals surface area contributed by atoms with E-state index >= 15 is 0 Å². The van der Waals surface area contributed by atoms with Crippen molar-refractivity contribution in [3.63, 3.8) is 0 Å². The summed E-state index contributed by atoms with van der Waals surface area (Å²) in [6.07, 6.45) is 1.65. The lowest BCUT2D eigenvalue weighted by molar-refractivity contribution is 0.0526. The van der Waals surface area contributed by atoms with Crippen molar-refractivity contribution in [3.05, 3.63) is 75.3 Å². The molecule has 6 nitrogen and oxygen atoms in total. The van der Waals surface area contributed by atoms with Gasteiger partial charge in [-0.1, -0.05) is 24.3 Å². The van der Waals surface area contributed by atoms with Gasteiger partial charge in [0.25, 0.3) is 5.56 Å². The van der Waals surface area contributed by atoms with Crippen LogP contribution in [0, 0.1) is 25.2 Å². The van der Waals surface area contributed by atoms with E-state index < -0.39 is 11.5 Å². The van der Waals surface area contributed by atoms with Gasteiger partial charge in [0.2, 0.25) is 0 Å². The molecule has 0 unspecified atom stereocenters. The Labute approximate surface area is 162 Å². The number of rotatable bonds is 4. The summed E-state index contributed by atoms with van der Waals surface area (Å²) in [4.78, 5) is 31.4. The van der Waals surface area contributed by atoms with Crippen LogP contribution in [0.25, 0.3) is 22.4 Å². The van der Waals surface area contributed by atoms with Gasteiger partial charge >= 0.3 is 5.97 Å². The molecule has 0 aliphatic carbocycles. The predicted octanol–water partition coefficient (Wildman–Crippen LogP) is 3.77. The zero-order valence-corrected chi connectivity index (χ0v) is 15.9. The van der Waals surface area contributed by atoms with Gasteiger partial charge in [-0.25, -0.2) is 4.79 Å². The number of nitrogens with one attached hydrogen (secondary N) is 1. The highest BCUT2D eigenvalue weighted by atomic mass is 16.5. The van der Waals surface area contributed by atoms with Crippen LogP contribution >= 0.6 is 0 Å². The van der Waals surface area contributed by atoms with E-state index in [9.17, 15) is 14.9 Å². The summed E-state index contributed by atoms with van der Waals surface area (Å²) in [5.41, 5.74) is 4.13. The largest absolute Gasteiger partial charge is 0.462 e. The minimum atomic E-state index is -0.413. The number of esters is 1. The molecule has 3 aromatic rings. The summed E-state index contributed by atoms with van der Waals surface area (Å²) in [6.45, 7) is 5.64. The average molecular weight is 373 g/mol. The number of pyridine rings is 2. The first-order chi connectivity index (χ1) is 13.5. The molecule has 1 N–H and O–H groups in total. The van der Waals surface area contributed by atoms with Crippen molar-refractivity contribution in [2.75, 3.05) is 6.61 Å². The molecule has 28 heavy (non-hydrogen) atoms. The molecule has 0 saturated heterocycles. The molecule has 0 amide bonds. The van der Waals surface area contributed by atoms with Crippen molar-refractivity contribution in [2.24, 2.45) is 0 Å². The number of carbonyl (C=O) groups excluding carboxylic acids is 1. The molecule has 0 atom stereocenters. The van der Waals surface area contributed by atoms with Crippen molar-refractivity contribution < 1.29 is 9.53 Å². The monoisotopic (exact) mass is 373 g/mol. The van der Waals surface area contributed by atoms with E-state index in [1.54, 1.807) is 32.2 Å². The smallest absolute Gasteiger partial charge is 0.340 e. The molecule has 0 spiro atoms. The van der Waals surface area contributed by atoms with E-state index in [0.29, 0.717) is 22.5 Å². The first-order valence-corrected chi connectivity index (χ1v) is 8.83. The van der Waals surface area contributed by atoms with Gasteiger partial charge in [-0.2, -0.15) is 5.26 Å². The van der Waals surface area contributed by atoms with Crippen LogP contribution in [0.3, 0.4) is 0 Å². The number of carbonyl (C=O) groups is 1. The number of aromatic nitrogens is 2. The molecular formula is C22H19N3O3. The third-order valence-electron chi connectivity index (χ3n) is 4.39. The summed E-state index contributed by atoms with van der Waals surface area (Å²) in [5.74, 6) is -0.413. The first-order valence-electron chi connectivity index (χ1n) is 8.83. The summed E-state index contributed by atoms with van der Waals surface area (Å²) >= 11 is 0. The van der Waals surface area contributed by atoms with Gasteiger partial charge in [-0.15, -0.1) is 0 Å². The van der Waals surface area contributed by atoms with Gasteiger partial charge < -0.3 is 9.72 Å². The number of hydrogen-bond donors (Lipinski definition) is 1. The number of aromatic amines is 1. The highest BCUT2D eigenvalue weighted by Gasteiger charge is 2.18. The van der Waals surface area contributed by atoms with E-state index in [-0.39, 0.29) is 12.2 Å². The summed E-state index contributed by atoms with van der Waals surface area (Å²) in [5, 5.41) is 9.33. The fourth-order valence-electron chi connectivity index (χ4n) is 3.07. The molecule has 140 valence electrons. The number of nitriles is 1. The van der Waals surface area contributed by atoms with E-state index in [1.807, 2.05) is 37.3 Å². The van der Waals surface area contributed by atoms with Crippen molar-refractivity contribution in [2.45, 2.75) is 20.8 Å². The van der Waals surface area contributed by atoms with Crippen molar-refractivity contribution >= 4 is 5.97 Å². The van der Waals surface area contributed by atoms with Crippen LogP contribution in [0.15, 0.2) is 47.4 Å². The molecule has 0 aliphatic rings. The maximum Gasteiger partial charge on any atom is 0.340 e. The van der Waals surface area contributed by atoms with Gasteiger partial charge in [-0.05, 0) is 44.0 Å². The maximum absolute atomic E-state index is 12.4. The first kappa shape index (κ1) is 19.1. The molecule has 0 saturated carbocycles. The summed E-state index contributed by atoms with van der Waals surface area (Å²) < 4.78 is 5.17. The molecule has 6 heteroatoms. The highest BCUT2D eigenvalue weighted by molar-refractivity contribution is 5.97. The van der Waals surface area contributed by atoms with Crippen molar-refractivity contribution in [1.82, 2.24) is 9.97 Å². The Morgan fingerprint density at radius 1 is 1.18 bits per heavy atom. The van der Waals surface area contributed by atoms with Gasteiger partial charge in [0, 0.05) is 23.0 Å². The Hall–Kier alpha value is -3.72. The number of hydrogen-bond acceptors (Lipinski definition) is 5. The van der Waals surface area contributed by atoms with Gasteiger partial charge in [0.15, 0.2) is 0 Å². The second-order valence-corrected chi connectivity index (χ2v) is 6.33. The Morgan fingerprint density at radius 3 is 2.50 bits per heavy atom. The van der Waals surface area contributed by atoms with Crippen LogP contribution in [-0.2, 0) is 4.74 Å². The van der Waals surface area contributed by atoms with Crippen LogP contribution in [-0.4, -0.2) is 22.5 Å². The lowest BCUT2D eigenvalue weighted by Crippen LogP contribution is -2.12. The molecule has 3 rings (SSSR count). The van der Waals surface area contributed by atoms with Crippen LogP contribution in [0.1, 0.15) is 34.1 Å². The Bertz CT molecular complexity index is 1140. The molecule has 2 heterocycles. The Morgan fingerprint density at radius 2 is 1.86 bits per heavy atom. The lowest BCUT2D eigenvalue weighted by Gasteiger charge is -2.12. The average Bonchev–Trinajstić information content (AvgIpc) is 2.67. The zero-order valence-electron chi connectivity index (χ0n) is 15.9. The fraction of sp³-hybridized carbons (Fsp3) is 0.182. The Balaban J connectivity index is 2.09. The molecule has 1 aromatic carbocycles. The van der Waals surface area contributed by atoms with Crippen LogP contribution in [0.5, 0.6) is 0 Å². The minimum absolute atomic E-state index is 0.0687. The number of ether oxygens (including phenoxy) is 1. The molecule has 0 fully saturated rings. The lowest BCUT2D eigenvalue weighted by atomic mass is 9.97. The summed E-state index contributed by atoms with van der Waals surface area (Å²) in [6, 6.07) is 12.7. The predicted molar refractivity (Wildman–Crippen MR) is 106 cm³/mol. The summed E-state index contributed by atoms with van der Waals surface area (Å²) in [7, 11) is 0. The fourth-order valence-corrected chi connectivity index (χ4v) is 3.07. The van der Waals surface area contributed by atoms with Crippen LogP contribution < -0.4 is 5.56 Å². The highest BCUT2D eigenvalue weighted by Crippen LogP contribution is 2.28. The third-order valence-corrected chi connectivity index (χ3v) is 4.39. The molecule has 0 aliphatic heterocycles. The van der Waals surface area contributed by atoms with Crippen LogP contribution in [0.4, 0.5) is 0 Å². The number of aryl methyl sites for hydroxylation is 2. The van der Waals surface area contributed by atoms with Crippen molar-refractivity contribution in [1.29, 1.82) is 5.26 Å². The molecule has 2 aromatic heterocycles. The molecule has 0 radical (unpaired) electrons. The molecule has 0 bridgehead atoms. The minimum Gasteiger partial charge on any atom is -0.462 e. The maximum atomic E-state index is 12.4. The zero-order chi connectivity index (χ0) is 20.3. The van der Waals surface area contributed by atoms with E-state index in [2.05, 4.69) is 9.97 Å².